The molecule has 0 fully saturated rings. The Morgan fingerprint density at radius 2 is 2.33 bits per heavy atom. The molecule has 2 N–H and O–H groups in total. The van der Waals surface area contributed by atoms with Crippen molar-refractivity contribution in [2.75, 3.05) is 13.1 Å². The summed E-state index contributed by atoms with van der Waals surface area (Å²) in [5.74, 6) is 0.00674. The highest BCUT2D eigenvalue weighted by Crippen LogP contribution is 1.88. The summed E-state index contributed by atoms with van der Waals surface area (Å²) in [6, 6.07) is 0. The Labute approximate surface area is 72.0 Å². The Balaban J connectivity index is 3.42. The van der Waals surface area contributed by atoms with Gasteiger partial charge >= 0.3 is 6.41 Å². The minimum atomic E-state index is -0.197. The number of rotatable bonds is 6. The van der Waals surface area contributed by atoms with Gasteiger partial charge < -0.3 is 10.6 Å². The van der Waals surface area contributed by atoms with Gasteiger partial charge in [-0.3, -0.25) is 9.59 Å². The molecule has 1 atom stereocenters. The van der Waals surface area contributed by atoms with Gasteiger partial charge in [0.1, 0.15) is 0 Å². The van der Waals surface area contributed by atoms with Crippen molar-refractivity contribution in [3.05, 3.63) is 12.7 Å². The Kier molecular flexibility index (Phi) is 5.69. The molecule has 0 rings (SSSR count). The first-order chi connectivity index (χ1) is 5.70. The Hall–Kier alpha value is -1.32. The van der Waals surface area contributed by atoms with Gasteiger partial charge in [0, 0.05) is 13.1 Å². The zero-order valence-electron chi connectivity index (χ0n) is 7.09. The first-order valence-electron chi connectivity index (χ1n) is 3.71. The van der Waals surface area contributed by atoms with Crippen LogP contribution in [0.4, 0.5) is 0 Å². The molecule has 2 amide bonds. The maximum atomic E-state index is 10.7. The molecule has 0 aromatic heterocycles. The number of hydrogen-bond acceptors (Lipinski definition) is 2. The zero-order chi connectivity index (χ0) is 9.40. The molecule has 67 valence electrons. The third-order valence-electron chi connectivity index (χ3n) is 1.33. The van der Waals surface area contributed by atoms with Crippen molar-refractivity contribution in [3.63, 3.8) is 0 Å². The highest BCUT2D eigenvalue weighted by atomic mass is 16.1. The van der Waals surface area contributed by atoms with E-state index in [0.29, 0.717) is 13.1 Å². The summed E-state index contributed by atoms with van der Waals surface area (Å²) < 4.78 is 0. The van der Waals surface area contributed by atoms with Gasteiger partial charge in [-0.1, -0.05) is 13.5 Å². The van der Waals surface area contributed by atoms with E-state index in [1.165, 1.54) is 6.08 Å². The average Bonchev–Trinajstić information content (AvgIpc) is 2.10. The van der Waals surface area contributed by atoms with Crippen molar-refractivity contribution < 1.29 is 9.59 Å². The van der Waals surface area contributed by atoms with Crippen LogP contribution in [0.3, 0.4) is 0 Å². The lowest BCUT2D eigenvalue weighted by atomic mass is 10.2. The van der Waals surface area contributed by atoms with Crippen LogP contribution in [0.25, 0.3) is 0 Å². The van der Waals surface area contributed by atoms with E-state index in [-0.39, 0.29) is 11.8 Å². The van der Waals surface area contributed by atoms with Crippen molar-refractivity contribution in [2.24, 2.45) is 5.92 Å². The SMILES string of the molecule is C=CC(=O)NCC(C)CN[C]=O. The molecule has 0 saturated heterocycles. The molecule has 0 aliphatic rings. The van der Waals surface area contributed by atoms with Crippen LogP contribution < -0.4 is 10.6 Å². The largest absolute Gasteiger partial charge is 0.352 e. The minimum Gasteiger partial charge on any atom is -0.352 e. The van der Waals surface area contributed by atoms with Crippen molar-refractivity contribution in [2.45, 2.75) is 6.92 Å². The molecule has 0 bridgehead atoms. The summed E-state index contributed by atoms with van der Waals surface area (Å²) >= 11 is 0. The molecule has 0 aromatic rings. The van der Waals surface area contributed by atoms with Crippen molar-refractivity contribution in [1.29, 1.82) is 0 Å². The summed E-state index contributed by atoms with van der Waals surface area (Å²) in [5.41, 5.74) is 0. The molecule has 4 nitrogen and oxygen atoms in total. The predicted molar refractivity (Wildman–Crippen MR) is 46.1 cm³/mol. The highest BCUT2D eigenvalue weighted by molar-refractivity contribution is 5.86. The number of nitrogens with one attached hydrogen (secondary N) is 2. The van der Waals surface area contributed by atoms with E-state index in [1.54, 1.807) is 6.41 Å². The van der Waals surface area contributed by atoms with Crippen molar-refractivity contribution in [1.82, 2.24) is 10.6 Å². The van der Waals surface area contributed by atoms with Crippen molar-refractivity contribution >= 4 is 12.3 Å². The fraction of sp³-hybridized carbons (Fsp3) is 0.500. The molecule has 1 radical (unpaired) electrons. The average molecular weight is 169 g/mol. The Morgan fingerprint density at radius 3 is 2.83 bits per heavy atom. The molecule has 4 heteroatoms. The number of hydrogen-bond donors (Lipinski definition) is 2. The lowest BCUT2D eigenvalue weighted by Crippen LogP contribution is -2.31. The van der Waals surface area contributed by atoms with E-state index in [9.17, 15) is 9.59 Å². The highest BCUT2D eigenvalue weighted by Gasteiger charge is 2.01. The second-order valence-electron chi connectivity index (χ2n) is 2.54. The van der Waals surface area contributed by atoms with E-state index >= 15 is 0 Å². The smallest absolute Gasteiger partial charge is 0.309 e. The van der Waals surface area contributed by atoms with E-state index in [0.717, 1.165) is 0 Å². The van der Waals surface area contributed by atoms with Gasteiger partial charge in [0.15, 0.2) is 0 Å². The number of amides is 2. The molecule has 0 aliphatic heterocycles. The standard InChI is InChI=1S/C8H13N2O2/c1-3-8(12)10-5-7(2)4-9-6-11/h3,7H,1,4-5H2,2H3,(H,9,11)(H,10,12). The van der Waals surface area contributed by atoms with Crippen LogP contribution >= 0.6 is 0 Å². The number of carbonyl (C=O) groups is 1. The molecular weight excluding hydrogens is 156 g/mol. The third-order valence-corrected chi connectivity index (χ3v) is 1.33. The van der Waals surface area contributed by atoms with Crippen molar-refractivity contribution in [3.8, 4) is 0 Å². The fourth-order valence-electron chi connectivity index (χ4n) is 0.635. The van der Waals surface area contributed by atoms with Gasteiger partial charge in [-0.15, -0.1) is 0 Å². The van der Waals surface area contributed by atoms with Crippen LogP contribution in [0.5, 0.6) is 0 Å². The van der Waals surface area contributed by atoms with E-state index < -0.39 is 0 Å². The van der Waals surface area contributed by atoms with Gasteiger partial charge in [-0.25, -0.2) is 0 Å². The van der Waals surface area contributed by atoms with Crippen LogP contribution in [0, 0.1) is 5.92 Å². The quantitative estimate of drug-likeness (QED) is 0.419. The second kappa shape index (κ2) is 6.39. The maximum absolute atomic E-state index is 10.7. The molecule has 0 aromatic carbocycles. The van der Waals surface area contributed by atoms with Crippen LogP contribution in [0.1, 0.15) is 6.92 Å². The normalized spacial score (nSPS) is 11.4. The maximum Gasteiger partial charge on any atom is 0.309 e. The molecule has 12 heavy (non-hydrogen) atoms. The molecule has 1 unspecified atom stereocenters. The van der Waals surface area contributed by atoms with Gasteiger partial charge in [0.05, 0.1) is 0 Å². The summed E-state index contributed by atoms with van der Waals surface area (Å²) in [4.78, 5) is 20.4. The third kappa shape index (κ3) is 5.46. The van der Waals surface area contributed by atoms with Gasteiger partial charge in [-0.2, -0.15) is 0 Å². The lowest BCUT2D eigenvalue weighted by molar-refractivity contribution is -0.116. The predicted octanol–water partition coefficient (Wildman–Crippen LogP) is -0.419. The fourth-order valence-corrected chi connectivity index (χ4v) is 0.635. The molecule has 0 saturated carbocycles. The molecule has 0 spiro atoms. The van der Waals surface area contributed by atoms with Gasteiger partial charge in [0.25, 0.3) is 0 Å². The van der Waals surface area contributed by atoms with Crippen LogP contribution in [0.15, 0.2) is 12.7 Å². The summed E-state index contributed by atoms with van der Waals surface area (Å²) in [5, 5.41) is 5.02. The molecular formula is C8H13N2O2. The van der Waals surface area contributed by atoms with Crippen LogP contribution in [-0.4, -0.2) is 25.4 Å². The molecule has 0 heterocycles. The van der Waals surface area contributed by atoms with Crippen LogP contribution in [0.2, 0.25) is 0 Å². The van der Waals surface area contributed by atoms with E-state index in [2.05, 4.69) is 17.2 Å². The first kappa shape index (κ1) is 10.7. The Morgan fingerprint density at radius 1 is 1.67 bits per heavy atom. The van der Waals surface area contributed by atoms with Gasteiger partial charge in [-0.05, 0) is 12.0 Å². The summed E-state index contributed by atoms with van der Waals surface area (Å²) in [6.07, 6.45) is 2.78. The topological polar surface area (TPSA) is 58.2 Å². The number of carbonyl (C=O) groups excluding carboxylic acids is 2. The van der Waals surface area contributed by atoms with Gasteiger partial charge in [0.2, 0.25) is 5.91 Å². The minimum absolute atomic E-state index is 0.197. The van der Waals surface area contributed by atoms with E-state index in [1.807, 2.05) is 6.92 Å². The first-order valence-corrected chi connectivity index (χ1v) is 3.71. The Bertz CT molecular complexity index is 168. The summed E-state index contributed by atoms with van der Waals surface area (Å²) in [6.45, 7) is 6.26. The second-order valence-corrected chi connectivity index (χ2v) is 2.54. The lowest BCUT2D eigenvalue weighted by Gasteiger charge is -2.09. The van der Waals surface area contributed by atoms with E-state index in [4.69, 9.17) is 0 Å². The monoisotopic (exact) mass is 169 g/mol. The summed E-state index contributed by atoms with van der Waals surface area (Å²) in [7, 11) is 0. The van der Waals surface area contributed by atoms with Crippen LogP contribution in [-0.2, 0) is 9.59 Å². The zero-order valence-corrected chi connectivity index (χ0v) is 7.09. The molecule has 0 aliphatic carbocycles.